The Morgan fingerprint density at radius 3 is 2.84 bits per heavy atom. The van der Waals surface area contributed by atoms with Crippen molar-refractivity contribution in [2.75, 3.05) is 17.7 Å². The summed E-state index contributed by atoms with van der Waals surface area (Å²) in [6.45, 7) is 4.62. The number of hydrogen-bond acceptors (Lipinski definition) is 6. The Kier molecular flexibility index (Phi) is 3.94. The summed E-state index contributed by atoms with van der Waals surface area (Å²) < 4.78 is 11.9. The van der Waals surface area contributed by atoms with Gasteiger partial charge in [0.05, 0.1) is 12.6 Å². The van der Waals surface area contributed by atoms with Gasteiger partial charge in [0.25, 0.3) is 0 Å². The molecule has 0 saturated carbocycles. The molecule has 0 radical (unpaired) electrons. The molecule has 2 aromatic rings. The molecule has 0 unspecified atom stereocenters. The molecule has 0 amide bonds. The minimum Gasteiger partial charge on any atom is -0.484 e. The van der Waals surface area contributed by atoms with Crippen molar-refractivity contribution in [1.82, 2.24) is 13.9 Å². The van der Waals surface area contributed by atoms with Crippen LogP contribution in [0.25, 0.3) is 0 Å². The van der Waals surface area contributed by atoms with Gasteiger partial charge in [-0.1, -0.05) is 0 Å². The van der Waals surface area contributed by atoms with E-state index in [1.165, 1.54) is 11.5 Å². The van der Waals surface area contributed by atoms with Crippen LogP contribution in [-0.2, 0) is 13.6 Å². The fourth-order valence-corrected chi connectivity index (χ4v) is 2.41. The van der Waals surface area contributed by atoms with Crippen LogP contribution in [0.2, 0.25) is 0 Å². The Bertz CT molecular complexity index is 548. The number of hydrogen-bond donors (Lipinski definition) is 1. The van der Waals surface area contributed by atoms with Gasteiger partial charge >= 0.3 is 0 Å². The lowest BCUT2D eigenvalue weighted by Crippen LogP contribution is -2.19. The quantitative estimate of drug-likeness (QED) is 0.906. The zero-order valence-electron chi connectivity index (χ0n) is 11.6. The second-order valence-corrected chi connectivity index (χ2v) is 5.43. The van der Waals surface area contributed by atoms with Crippen molar-refractivity contribution in [3.05, 3.63) is 18.2 Å². The van der Waals surface area contributed by atoms with Gasteiger partial charge in [0.15, 0.2) is 16.6 Å². The van der Waals surface area contributed by atoms with Crippen LogP contribution in [0.15, 0.2) is 12.4 Å². The average molecular weight is 281 g/mol. The molecule has 2 N–H and O–H groups in total. The predicted molar refractivity (Wildman–Crippen MR) is 77.6 cm³/mol. The highest BCUT2D eigenvalue weighted by Gasteiger charge is 2.19. The summed E-state index contributed by atoms with van der Waals surface area (Å²) in [6, 6.07) is 0. The van der Waals surface area contributed by atoms with E-state index in [1.807, 2.05) is 43.6 Å². The second-order valence-electron chi connectivity index (χ2n) is 4.68. The van der Waals surface area contributed by atoms with Gasteiger partial charge in [-0.15, -0.1) is 0 Å². The van der Waals surface area contributed by atoms with Crippen LogP contribution in [-0.4, -0.2) is 27.1 Å². The summed E-state index contributed by atoms with van der Waals surface area (Å²) in [5.41, 5.74) is 5.86. The number of nitrogens with zero attached hydrogens (tertiary/aromatic N) is 4. The summed E-state index contributed by atoms with van der Waals surface area (Å²) in [5.74, 6) is 2.09. The molecular weight excluding hydrogens is 262 g/mol. The third-order valence-corrected chi connectivity index (χ3v) is 3.62. The number of imidazole rings is 1. The van der Waals surface area contributed by atoms with E-state index in [0.717, 1.165) is 10.8 Å². The second kappa shape index (κ2) is 5.48. The summed E-state index contributed by atoms with van der Waals surface area (Å²) in [5, 5.41) is 0.925. The third-order valence-electron chi connectivity index (χ3n) is 2.66. The molecule has 0 aliphatic carbocycles. The van der Waals surface area contributed by atoms with Crippen LogP contribution in [0.1, 0.15) is 19.7 Å². The maximum atomic E-state index is 5.86. The van der Waals surface area contributed by atoms with Crippen molar-refractivity contribution in [2.24, 2.45) is 7.05 Å². The Morgan fingerprint density at radius 1 is 1.53 bits per heavy atom. The summed E-state index contributed by atoms with van der Waals surface area (Å²) >= 11 is 1.34. The number of aryl methyl sites for hydroxylation is 1. The molecule has 0 aromatic carbocycles. The van der Waals surface area contributed by atoms with E-state index in [9.17, 15) is 0 Å². The molecule has 0 aliphatic heterocycles. The zero-order valence-corrected chi connectivity index (χ0v) is 12.4. The van der Waals surface area contributed by atoms with Crippen LogP contribution in [0.3, 0.4) is 0 Å². The standard InChI is InChI=1S/C12H19N5OS/c1-8(2)18-10-11(13)15-19-12(10)17(4)7-9-14-5-6-16(9)3/h5-6,8H,7H2,1-4H3,(H2,13,15). The smallest absolute Gasteiger partial charge is 0.198 e. The van der Waals surface area contributed by atoms with E-state index < -0.39 is 0 Å². The molecular formula is C12H19N5OS. The first-order valence-corrected chi connectivity index (χ1v) is 6.85. The highest BCUT2D eigenvalue weighted by molar-refractivity contribution is 7.11. The lowest BCUT2D eigenvalue weighted by Gasteiger charge is -2.19. The number of aromatic nitrogens is 3. The van der Waals surface area contributed by atoms with Crippen LogP contribution >= 0.6 is 11.5 Å². The summed E-state index contributed by atoms with van der Waals surface area (Å²) in [7, 11) is 3.96. The largest absolute Gasteiger partial charge is 0.484 e. The molecule has 0 saturated heterocycles. The Morgan fingerprint density at radius 2 is 2.26 bits per heavy atom. The van der Waals surface area contributed by atoms with E-state index in [2.05, 4.69) is 9.36 Å². The molecule has 0 spiro atoms. The molecule has 2 heterocycles. The summed E-state index contributed by atoms with van der Waals surface area (Å²) in [4.78, 5) is 6.36. The molecule has 19 heavy (non-hydrogen) atoms. The van der Waals surface area contributed by atoms with Gasteiger partial charge in [-0.25, -0.2) is 4.98 Å². The van der Waals surface area contributed by atoms with Gasteiger partial charge in [-0.05, 0) is 25.4 Å². The first-order chi connectivity index (χ1) is 8.99. The van der Waals surface area contributed by atoms with E-state index in [1.54, 1.807) is 6.20 Å². The lowest BCUT2D eigenvalue weighted by atomic mass is 10.4. The van der Waals surface area contributed by atoms with E-state index >= 15 is 0 Å². The maximum absolute atomic E-state index is 5.86. The van der Waals surface area contributed by atoms with Gasteiger partial charge in [0.1, 0.15) is 5.82 Å². The topological polar surface area (TPSA) is 69.2 Å². The van der Waals surface area contributed by atoms with E-state index in [-0.39, 0.29) is 6.10 Å². The first kappa shape index (κ1) is 13.7. The van der Waals surface area contributed by atoms with Crippen molar-refractivity contribution < 1.29 is 4.74 Å². The highest BCUT2D eigenvalue weighted by atomic mass is 32.1. The molecule has 0 fully saturated rings. The van der Waals surface area contributed by atoms with Crippen LogP contribution in [0.5, 0.6) is 5.75 Å². The Balaban J connectivity index is 2.19. The molecule has 0 atom stereocenters. The molecule has 2 rings (SSSR count). The fourth-order valence-electron chi connectivity index (χ4n) is 1.71. The average Bonchev–Trinajstić information content (AvgIpc) is 2.87. The van der Waals surface area contributed by atoms with Crippen molar-refractivity contribution in [2.45, 2.75) is 26.5 Å². The van der Waals surface area contributed by atoms with E-state index in [4.69, 9.17) is 10.5 Å². The number of nitrogen functional groups attached to an aromatic ring is 1. The predicted octanol–water partition coefficient (Wildman–Crippen LogP) is 1.88. The number of anilines is 2. The molecule has 7 heteroatoms. The van der Waals surface area contributed by atoms with Gasteiger partial charge in [-0.2, -0.15) is 4.37 Å². The molecule has 104 valence electrons. The van der Waals surface area contributed by atoms with Crippen molar-refractivity contribution in [3.8, 4) is 5.75 Å². The molecule has 2 aromatic heterocycles. The molecule has 6 nitrogen and oxygen atoms in total. The monoisotopic (exact) mass is 281 g/mol. The number of ether oxygens (including phenoxy) is 1. The van der Waals surface area contributed by atoms with E-state index in [0.29, 0.717) is 18.1 Å². The first-order valence-electron chi connectivity index (χ1n) is 6.08. The lowest BCUT2D eigenvalue weighted by molar-refractivity contribution is 0.245. The Labute approximate surface area is 117 Å². The third kappa shape index (κ3) is 2.98. The summed E-state index contributed by atoms with van der Waals surface area (Å²) in [6.07, 6.45) is 3.78. The van der Waals surface area contributed by atoms with Crippen molar-refractivity contribution >= 4 is 22.4 Å². The zero-order chi connectivity index (χ0) is 14.0. The van der Waals surface area contributed by atoms with Crippen LogP contribution in [0, 0.1) is 0 Å². The normalized spacial score (nSPS) is 11.0. The van der Waals surface area contributed by atoms with Gasteiger partial charge < -0.3 is 19.9 Å². The molecule has 0 bridgehead atoms. The van der Waals surface area contributed by atoms with Gasteiger partial charge in [0, 0.05) is 26.5 Å². The highest BCUT2D eigenvalue weighted by Crippen LogP contribution is 2.38. The van der Waals surface area contributed by atoms with Gasteiger partial charge in [0.2, 0.25) is 0 Å². The van der Waals surface area contributed by atoms with Gasteiger partial charge in [-0.3, -0.25) is 0 Å². The van der Waals surface area contributed by atoms with Crippen molar-refractivity contribution in [3.63, 3.8) is 0 Å². The Hall–Kier alpha value is -1.76. The van der Waals surface area contributed by atoms with Crippen LogP contribution in [0.4, 0.5) is 10.8 Å². The van der Waals surface area contributed by atoms with Crippen molar-refractivity contribution in [1.29, 1.82) is 0 Å². The minimum atomic E-state index is 0.0685. The van der Waals surface area contributed by atoms with Crippen LogP contribution < -0.4 is 15.4 Å². The number of rotatable bonds is 5. The fraction of sp³-hybridized carbons (Fsp3) is 0.500. The molecule has 0 aliphatic rings. The minimum absolute atomic E-state index is 0.0685. The SMILES string of the molecule is CC(C)Oc1c(N)nsc1N(C)Cc1nccn1C. The maximum Gasteiger partial charge on any atom is 0.198 e. The number of nitrogens with two attached hydrogens (primary N) is 1.